The third kappa shape index (κ3) is 3.96. The van der Waals surface area contributed by atoms with Gasteiger partial charge >= 0.3 is 5.97 Å². The molecule has 1 saturated heterocycles. The minimum Gasteiger partial charge on any atom is -0.469 e. The van der Waals surface area contributed by atoms with Crippen molar-refractivity contribution in [2.45, 2.75) is 13.3 Å². The molecular weight excluding hydrogens is 266 g/mol. The van der Waals surface area contributed by atoms with Gasteiger partial charge < -0.3 is 9.64 Å². The second kappa shape index (κ2) is 7.09. The summed E-state index contributed by atoms with van der Waals surface area (Å²) in [5.41, 5.74) is 2.91. The van der Waals surface area contributed by atoms with Gasteiger partial charge in [0.1, 0.15) is 0 Å². The second-order valence-corrected chi connectivity index (χ2v) is 5.27. The average Bonchev–Trinajstić information content (AvgIpc) is 2.53. The van der Waals surface area contributed by atoms with E-state index in [2.05, 4.69) is 26.7 Å². The molecule has 0 amide bonds. The molecular formula is C16H21N3O2. The highest BCUT2D eigenvalue weighted by Crippen LogP contribution is 2.20. The van der Waals surface area contributed by atoms with Crippen LogP contribution in [0.25, 0.3) is 0 Å². The van der Waals surface area contributed by atoms with E-state index in [0.717, 1.165) is 43.9 Å². The highest BCUT2D eigenvalue weighted by atomic mass is 16.5. The molecule has 0 bridgehead atoms. The molecule has 0 N–H and O–H groups in total. The van der Waals surface area contributed by atoms with Crippen molar-refractivity contribution in [3.05, 3.63) is 29.3 Å². The number of nitrogens with zero attached hydrogens (tertiary/aromatic N) is 3. The molecule has 1 aliphatic rings. The Balaban J connectivity index is 1.88. The smallest absolute Gasteiger partial charge is 0.306 e. The van der Waals surface area contributed by atoms with Crippen molar-refractivity contribution in [2.75, 3.05) is 44.7 Å². The lowest BCUT2D eigenvalue weighted by molar-refractivity contribution is -0.141. The first-order valence-corrected chi connectivity index (χ1v) is 7.19. The summed E-state index contributed by atoms with van der Waals surface area (Å²) in [7, 11) is 1.42. The Morgan fingerprint density at radius 1 is 1.33 bits per heavy atom. The number of rotatable bonds is 4. The van der Waals surface area contributed by atoms with Crippen molar-refractivity contribution in [1.82, 2.24) is 4.90 Å². The Kier molecular flexibility index (Phi) is 5.18. The molecule has 5 nitrogen and oxygen atoms in total. The van der Waals surface area contributed by atoms with Crippen LogP contribution in [0, 0.1) is 18.3 Å². The first-order valence-electron chi connectivity index (χ1n) is 7.19. The maximum absolute atomic E-state index is 11.2. The molecule has 1 aromatic carbocycles. The number of esters is 1. The largest absolute Gasteiger partial charge is 0.469 e. The van der Waals surface area contributed by atoms with Crippen molar-refractivity contribution in [1.29, 1.82) is 5.26 Å². The molecule has 1 aliphatic heterocycles. The average molecular weight is 287 g/mol. The van der Waals surface area contributed by atoms with Crippen molar-refractivity contribution in [3.63, 3.8) is 0 Å². The number of methoxy groups -OCH3 is 1. The quantitative estimate of drug-likeness (QED) is 0.786. The van der Waals surface area contributed by atoms with Crippen LogP contribution in [-0.2, 0) is 9.53 Å². The van der Waals surface area contributed by atoms with Crippen molar-refractivity contribution < 1.29 is 9.53 Å². The molecule has 1 fully saturated rings. The van der Waals surface area contributed by atoms with E-state index in [1.165, 1.54) is 12.8 Å². The van der Waals surface area contributed by atoms with E-state index in [9.17, 15) is 4.79 Å². The molecule has 0 saturated carbocycles. The van der Waals surface area contributed by atoms with Crippen molar-refractivity contribution in [2.24, 2.45) is 0 Å². The van der Waals surface area contributed by atoms with Gasteiger partial charge in [0.15, 0.2) is 0 Å². The summed E-state index contributed by atoms with van der Waals surface area (Å²) in [6.45, 7) is 6.48. The van der Waals surface area contributed by atoms with E-state index >= 15 is 0 Å². The van der Waals surface area contributed by atoms with E-state index in [1.54, 1.807) is 0 Å². The van der Waals surface area contributed by atoms with Crippen molar-refractivity contribution >= 4 is 11.7 Å². The van der Waals surface area contributed by atoms with Gasteiger partial charge in [-0.1, -0.05) is 0 Å². The van der Waals surface area contributed by atoms with Gasteiger partial charge in [-0.15, -0.1) is 0 Å². The van der Waals surface area contributed by atoms with Gasteiger partial charge in [0, 0.05) is 38.4 Å². The third-order valence-corrected chi connectivity index (χ3v) is 3.93. The number of piperazine rings is 1. The van der Waals surface area contributed by atoms with Crippen LogP contribution in [0.4, 0.5) is 5.69 Å². The molecule has 112 valence electrons. The number of hydrogen-bond donors (Lipinski definition) is 0. The fourth-order valence-corrected chi connectivity index (χ4v) is 2.55. The number of carbonyl (C=O) groups excluding carboxylic acids is 1. The summed E-state index contributed by atoms with van der Waals surface area (Å²) >= 11 is 0. The number of anilines is 1. The maximum atomic E-state index is 11.2. The number of hydrogen-bond acceptors (Lipinski definition) is 5. The molecule has 5 heteroatoms. The van der Waals surface area contributed by atoms with Gasteiger partial charge in [0.05, 0.1) is 25.2 Å². The van der Waals surface area contributed by atoms with Gasteiger partial charge in [0.25, 0.3) is 0 Å². The summed E-state index contributed by atoms with van der Waals surface area (Å²) in [5.74, 6) is -0.153. The zero-order valence-electron chi connectivity index (χ0n) is 12.6. The summed E-state index contributed by atoms with van der Waals surface area (Å²) in [6, 6.07) is 8.16. The first kappa shape index (κ1) is 15.3. The maximum Gasteiger partial charge on any atom is 0.306 e. The van der Waals surface area contributed by atoms with Gasteiger partial charge in [-0.05, 0) is 30.7 Å². The minimum atomic E-state index is -0.153. The van der Waals surface area contributed by atoms with E-state index in [1.807, 2.05) is 19.1 Å². The number of benzene rings is 1. The molecule has 1 aromatic rings. The van der Waals surface area contributed by atoms with Crippen LogP contribution in [0.5, 0.6) is 0 Å². The summed E-state index contributed by atoms with van der Waals surface area (Å²) in [4.78, 5) is 15.8. The van der Waals surface area contributed by atoms with Crippen LogP contribution >= 0.6 is 0 Å². The Morgan fingerprint density at radius 2 is 2.05 bits per heavy atom. The number of nitriles is 1. The highest BCUT2D eigenvalue weighted by Gasteiger charge is 2.18. The van der Waals surface area contributed by atoms with Gasteiger partial charge in [0.2, 0.25) is 0 Å². The van der Waals surface area contributed by atoms with E-state index < -0.39 is 0 Å². The topological polar surface area (TPSA) is 56.6 Å². The molecule has 0 spiro atoms. The zero-order chi connectivity index (χ0) is 15.2. The van der Waals surface area contributed by atoms with Crippen LogP contribution in [0.2, 0.25) is 0 Å². The molecule has 0 atom stereocenters. The van der Waals surface area contributed by atoms with Crippen LogP contribution in [0.3, 0.4) is 0 Å². The lowest BCUT2D eigenvalue weighted by Gasteiger charge is -2.36. The zero-order valence-corrected chi connectivity index (χ0v) is 12.6. The van der Waals surface area contributed by atoms with Crippen LogP contribution in [-0.4, -0.2) is 50.7 Å². The molecule has 0 radical (unpaired) electrons. The molecule has 1 heterocycles. The fraction of sp³-hybridized carbons (Fsp3) is 0.500. The monoisotopic (exact) mass is 287 g/mol. The standard InChI is InChI=1S/C16H21N3O2/c1-13-11-15(4-3-14(13)12-17)19-9-7-18(8-10-19)6-5-16(20)21-2/h3-4,11H,5-10H2,1-2H3. The summed E-state index contributed by atoms with van der Waals surface area (Å²) in [6.07, 6.45) is 0.451. The highest BCUT2D eigenvalue weighted by molar-refractivity contribution is 5.69. The fourth-order valence-electron chi connectivity index (χ4n) is 2.55. The number of ether oxygens (including phenoxy) is 1. The van der Waals surface area contributed by atoms with E-state index in [-0.39, 0.29) is 5.97 Å². The molecule has 0 aliphatic carbocycles. The number of carbonyl (C=O) groups is 1. The predicted molar refractivity (Wildman–Crippen MR) is 81.2 cm³/mol. The first-order chi connectivity index (χ1) is 10.1. The van der Waals surface area contributed by atoms with Gasteiger partial charge in [-0.25, -0.2) is 0 Å². The van der Waals surface area contributed by atoms with Crippen molar-refractivity contribution in [3.8, 4) is 6.07 Å². The molecule has 0 unspecified atom stereocenters. The minimum absolute atomic E-state index is 0.153. The Bertz CT molecular complexity index is 543. The van der Waals surface area contributed by atoms with Gasteiger partial charge in [-0.3, -0.25) is 9.69 Å². The summed E-state index contributed by atoms with van der Waals surface area (Å²) < 4.78 is 4.66. The van der Waals surface area contributed by atoms with Crippen LogP contribution < -0.4 is 4.90 Å². The summed E-state index contributed by atoms with van der Waals surface area (Å²) in [5, 5.41) is 8.97. The number of aryl methyl sites for hydroxylation is 1. The lowest BCUT2D eigenvalue weighted by atomic mass is 10.1. The Morgan fingerprint density at radius 3 is 2.62 bits per heavy atom. The van der Waals surface area contributed by atoms with Gasteiger partial charge in [-0.2, -0.15) is 5.26 Å². The van der Waals surface area contributed by atoms with Crippen LogP contribution in [0.15, 0.2) is 18.2 Å². The molecule has 21 heavy (non-hydrogen) atoms. The van der Waals surface area contributed by atoms with E-state index in [0.29, 0.717) is 6.42 Å². The normalized spacial score (nSPS) is 15.6. The lowest BCUT2D eigenvalue weighted by Crippen LogP contribution is -2.47. The predicted octanol–water partition coefficient (Wildman–Crippen LogP) is 1.55. The molecule has 2 rings (SSSR count). The Labute approximate surface area is 125 Å². The Hall–Kier alpha value is -2.06. The molecule has 0 aromatic heterocycles. The second-order valence-electron chi connectivity index (χ2n) is 5.27. The van der Waals surface area contributed by atoms with E-state index in [4.69, 9.17) is 5.26 Å². The van der Waals surface area contributed by atoms with Crippen LogP contribution in [0.1, 0.15) is 17.5 Å². The SMILES string of the molecule is COC(=O)CCN1CCN(c2ccc(C#N)c(C)c2)CC1. The third-order valence-electron chi connectivity index (χ3n) is 3.93.